The normalized spacial score (nSPS) is 10.9. The van der Waals surface area contributed by atoms with E-state index in [0.29, 0.717) is 12.3 Å². The van der Waals surface area contributed by atoms with Crippen LogP contribution in [0.4, 0.5) is 10.1 Å². The molecular formula is C11H12FNO2. The number of rotatable bonds is 4. The molecule has 1 amide bonds. The van der Waals surface area contributed by atoms with Crippen molar-refractivity contribution in [3.8, 4) is 0 Å². The highest BCUT2D eigenvalue weighted by atomic mass is 19.1. The van der Waals surface area contributed by atoms with E-state index in [-0.39, 0.29) is 0 Å². The molecule has 15 heavy (non-hydrogen) atoms. The summed E-state index contributed by atoms with van der Waals surface area (Å²) in [4.78, 5) is 11.2. The summed E-state index contributed by atoms with van der Waals surface area (Å²) < 4.78 is 17.6. The molecule has 0 radical (unpaired) electrons. The van der Waals surface area contributed by atoms with Gasteiger partial charge in [0.15, 0.2) is 0 Å². The highest BCUT2D eigenvalue weighted by Crippen LogP contribution is 2.08. The van der Waals surface area contributed by atoms with E-state index in [0.717, 1.165) is 6.26 Å². The zero-order valence-electron chi connectivity index (χ0n) is 8.37. The summed E-state index contributed by atoms with van der Waals surface area (Å²) >= 11 is 0. The number of halogens is 1. The Kier molecular flexibility index (Phi) is 4.34. The average molecular weight is 209 g/mol. The Hall–Kier alpha value is -1.84. The first-order valence-electron chi connectivity index (χ1n) is 4.57. The third-order valence-corrected chi connectivity index (χ3v) is 1.60. The number of carbonyl (C=O) groups is 1. The number of hydrogen-bond acceptors (Lipinski definition) is 2. The van der Waals surface area contributed by atoms with E-state index in [2.05, 4.69) is 10.1 Å². The van der Waals surface area contributed by atoms with Crippen molar-refractivity contribution in [2.45, 2.75) is 6.92 Å². The predicted octanol–water partition coefficient (Wildman–Crippen LogP) is 2.47. The van der Waals surface area contributed by atoms with Crippen LogP contribution in [0.2, 0.25) is 0 Å². The second-order valence-corrected chi connectivity index (χ2v) is 2.74. The van der Waals surface area contributed by atoms with E-state index in [1.807, 2.05) is 6.07 Å². The van der Waals surface area contributed by atoms with Crippen LogP contribution < -0.4 is 5.32 Å². The van der Waals surface area contributed by atoms with Gasteiger partial charge >= 0.3 is 0 Å². The van der Waals surface area contributed by atoms with Crippen molar-refractivity contribution in [3.63, 3.8) is 0 Å². The van der Waals surface area contributed by atoms with Gasteiger partial charge in [-0.1, -0.05) is 18.2 Å². The SMILES string of the molecule is CCOC=C(F)C(=O)Nc1ccccc1. The monoisotopic (exact) mass is 209 g/mol. The van der Waals surface area contributed by atoms with E-state index in [1.54, 1.807) is 31.2 Å². The highest BCUT2D eigenvalue weighted by molar-refractivity contribution is 6.01. The number of amides is 1. The van der Waals surface area contributed by atoms with Crippen molar-refractivity contribution in [1.29, 1.82) is 0 Å². The molecule has 0 unspecified atom stereocenters. The van der Waals surface area contributed by atoms with E-state index < -0.39 is 11.7 Å². The molecule has 0 aliphatic heterocycles. The Bertz CT molecular complexity index is 349. The average Bonchev–Trinajstić information content (AvgIpc) is 2.27. The third-order valence-electron chi connectivity index (χ3n) is 1.60. The summed E-state index contributed by atoms with van der Waals surface area (Å²) in [5.41, 5.74) is 0.544. The number of hydrogen-bond donors (Lipinski definition) is 1. The fourth-order valence-corrected chi connectivity index (χ4v) is 0.922. The van der Waals surface area contributed by atoms with Crippen LogP contribution in [-0.2, 0) is 9.53 Å². The van der Waals surface area contributed by atoms with Crippen LogP contribution in [0.3, 0.4) is 0 Å². The maximum Gasteiger partial charge on any atom is 0.287 e. The molecule has 1 aromatic rings. The Morgan fingerprint density at radius 2 is 2.13 bits per heavy atom. The van der Waals surface area contributed by atoms with Crippen molar-refractivity contribution in [1.82, 2.24) is 0 Å². The summed E-state index contributed by atoms with van der Waals surface area (Å²) in [6.07, 6.45) is 0.804. The smallest absolute Gasteiger partial charge is 0.287 e. The molecule has 0 heterocycles. The number of nitrogens with one attached hydrogen (secondary N) is 1. The number of ether oxygens (including phenoxy) is 1. The Morgan fingerprint density at radius 1 is 1.47 bits per heavy atom. The molecule has 0 saturated heterocycles. The molecule has 0 aliphatic carbocycles. The van der Waals surface area contributed by atoms with Gasteiger partial charge in [-0.05, 0) is 19.1 Å². The van der Waals surface area contributed by atoms with Crippen LogP contribution in [0.1, 0.15) is 6.92 Å². The lowest BCUT2D eigenvalue weighted by molar-refractivity contribution is -0.114. The van der Waals surface area contributed by atoms with Crippen molar-refractivity contribution in [3.05, 3.63) is 42.4 Å². The Balaban J connectivity index is 2.56. The molecule has 0 bridgehead atoms. The predicted molar refractivity (Wildman–Crippen MR) is 55.9 cm³/mol. The van der Waals surface area contributed by atoms with E-state index in [1.165, 1.54) is 0 Å². The number of carbonyl (C=O) groups excluding carboxylic acids is 1. The van der Waals surface area contributed by atoms with Crippen molar-refractivity contribution in [2.75, 3.05) is 11.9 Å². The van der Waals surface area contributed by atoms with Gasteiger partial charge in [-0.2, -0.15) is 4.39 Å². The van der Waals surface area contributed by atoms with Crippen LogP contribution in [0.25, 0.3) is 0 Å². The van der Waals surface area contributed by atoms with Gasteiger partial charge in [-0.25, -0.2) is 0 Å². The first-order valence-corrected chi connectivity index (χ1v) is 4.57. The fraction of sp³-hybridized carbons (Fsp3) is 0.182. The van der Waals surface area contributed by atoms with Gasteiger partial charge < -0.3 is 10.1 Å². The van der Waals surface area contributed by atoms with Crippen molar-refractivity contribution in [2.24, 2.45) is 0 Å². The summed E-state index contributed by atoms with van der Waals surface area (Å²) in [5, 5.41) is 2.39. The summed E-state index contributed by atoms with van der Waals surface area (Å²) in [5.74, 6) is -1.75. The lowest BCUT2D eigenvalue weighted by Gasteiger charge is -2.02. The van der Waals surface area contributed by atoms with Gasteiger partial charge in [-0.15, -0.1) is 0 Å². The molecule has 0 spiro atoms. The maximum absolute atomic E-state index is 13.0. The van der Waals surface area contributed by atoms with Gasteiger partial charge in [0, 0.05) is 5.69 Å². The van der Waals surface area contributed by atoms with Crippen molar-refractivity contribution >= 4 is 11.6 Å². The Labute approximate surface area is 87.6 Å². The minimum Gasteiger partial charge on any atom is -0.498 e. The van der Waals surface area contributed by atoms with Crippen LogP contribution in [0.15, 0.2) is 42.4 Å². The molecule has 3 nitrogen and oxygen atoms in total. The highest BCUT2D eigenvalue weighted by Gasteiger charge is 2.08. The second-order valence-electron chi connectivity index (χ2n) is 2.74. The molecule has 1 rings (SSSR count). The molecule has 4 heteroatoms. The van der Waals surface area contributed by atoms with Gasteiger partial charge in [0.05, 0.1) is 6.61 Å². The molecule has 80 valence electrons. The van der Waals surface area contributed by atoms with E-state index >= 15 is 0 Å². The fourth-order valence-electron chi connectivity index (χ4n) is 0.922. The minimum absolute atomic E-state index is 0.325. The third kappa shape index (κ3) is 3.81. The van der Waals surface area contributed by atoms with Crippen LogP contribution in [-0.4, -0.2) is 12.5 Å². The Morgan fingerprint density at radius 3 is 2.73 bits per heavy atom. The molecule has 1 N–H and O–H groups in total. The van der Waals surface area contributed by atoms with Gasteiger partial charge in [0.1, 0.15) is 6.26 Å². The van der Waals surface area contributed by atoms with Crippen molar-refractivity contribution < 1.29 is 13.9 Å². The first-order chi connectivity index (χ1) is 7.24. The van der Waals surface area contributed by atoms with Gasteiger partial charge in [-0.3, -0.25) is 4.79 Å². The lowest BCUT2D eigenvalue weighted by Crippen LogP contribution is -2.12. The number of benzene rings is 1. The largest absolute Gasteiger partial charge is 0.498 e. The lowest BCUT2D eigenvalue weighted by atomic mass is 10.3. The molecule has 0 atom stereocenters. The zero-order chi connectivity index (χ0) is 11.1. The molecule has 0 aromatic heterocycles. The quantitative estimate of drug-likeness (QED) is 0.611. The van der Waals surface area contributed by atoms with E-state index in [4.69, 9.17) is 0 Å². The van der Waals surface area contributed by atoms with Crippen LogP contribution >= 0.6 is 0 Å². The molecule has 0 aliphatic rings. The standard InChI is InChI=1S/C11H12FNO2/c1-2-15-8-10(12)11(14)13-9-6-4-3-5-7-9/h3-8H,2H2,1H3,(H,13,14). The van der Waals surface area contributed by atoms with Crippen LogP contribution in [0.5, 0.6) is 0 Å². The topological polar surface area (TPSA) is 38.3 Å². The first kappa shape index (κ1) is 11.2. The number of para-hydroxylation sites is 1. The number of anilines is 1. The molecule has 0 fully saturated rings. The van der Waals surface area contributed by atoms with Crippen LogP contribution in [0, 0.1) is 0 Å². The second kappa shape index (κ2) is 5.80. The minimum atomic E-state index is -0.944. The summed E-state index contributed by atoms with van der Waals surface area (Å²) in [6.45, 7) is 2.03. The maximum atomic E-state index is 13.0. The molecule has 0 saturated carbocycles. The molecular weight excluding hydrogens is 197 g/mol. The van der Waals surface area contributed by atoms with Gasteiger partial charge in [0.2, 0.25) is 5.83 Å². The molecule has 1 aromatic carbocycles. The van der Waals surface area contributed by atoms with Gasteiger partial charge in [0.25, 0.3) is 5.91 Å². The summed E-state index contributed by atoms with van der Waals surface area (Å²) in [6, 6.07) is 8.65. The van der Waals surface area contributed by atoms with E-state index in [9.17, 15) is 9.18 Å². The zero-order valence-corrected chi connectivity index (χ0v) is 8.37. The summed E-state index contributed by atoms with van der Waals surface area (Å²) in [7, 11) is 0.